The molecular weight excluding hydrogens is 162 g/mol. The van der Waals surface area contributed by atoms with E-state index in [4.69, 9.17) is 16.3 Å². The molecule has 0 aliphatic rings. The van der Waals surface area contributed by atoms with Crippen molar-refractivity contribution in [3.05, 3.63) is 22.5 Å². The molecule has 0 N–H and O–H groups in total. The highest BCUT2D eigenvalue weighted by Crippen LogP contribution is 2.26. The molecule has 1 aromatic rings. The Morgan fingerprint density at radius 1 is 1.45 bits per heavy atom. The van der Waals surface area contributed by atoms with Gasteiger partial charge in [-0.15, -0.1) is 0 Å². The summed E-state index contributed by atoms with van der Waals surface area (Å²) in [6.45, 7) is 3.80. The number of rotatable bonds is 1. The summed E-state index contributed by atoms with van der Waals surface area (Å²) in [6, 6.07) is 0. The summed E-state index contributed by atoms with van der Waals surface area (Å²) in [6.07, 6.45) is 1.63. The molecule has 2 nitrogen and oxygen atoms in total. The molecule has 0 aliphatic carbocycles. The molecule has 0 radical (unpaired) electrons. The first kappa shape index (κ1) is 8.34. The van der Waals surface area contributed by atoms with Crippen LogP contribution in [0.5, 0.6) is 5.75 Å². The van der Waals surface area contributed by atoms with E-state index in [2.05, 4.69) is 4.98 Å². The number of methoxy groups -OCH3 is 1. The van der Waals surface area contributed by atoms with E-state index in [1.54, 1.807) is 13.3 Å². The van der Waals surface area contributed by atoms with Crippen molar-refractivity contribution in [2.45, 2.75) is 13.8 Å². The quantitative estimate of drug-likeness (QED) is 0.647. The summed E-state index contributed by atoms with van der Waals surface area (Å²) < 4.78 is 5.11. The fourth-order valence-corrected chi connectivity index (χ4v) is 1.12. The topological polar surface area (TPSA) is 22.1 Å². The Bertz CT molecular complexity index is 273. The Hall–Kier alpha value is -0.760. The zero-order chi connectivity index (χ0) is 8.43. The van der Waals surface area contributed by atoms with Gasteiger partial charge in [0.15, 0.2) is 0 Å². The zero-order valence-corrected chi connectivity index (χ0v) is 7.57. The summed E-state index contributed by atoms with van der Waals surface area (Å²) in [5, 5.41) is 0.646. The second-order valence-corrected chi connectivity index (χ2v) is 2.76. The van der Waals surface area contributed by atoms with Crippen LogP contribution in [-0.2, 0) is 0 Å². The summed E-state index contributed by atoms with van der Waals surface area (Å²) in [5.74, 6) is 0.775. The van der Waals surface area contributed by atoms with Gasteiger partial charge in [0.1, 0.15) is 5.75 Å². The zero-order valence-electron chi connectivity index (χ0n) is 6.81. The third-order valence-corrected chi connectivity index (χ3v) is 1.98. The molecule has 0 bridgehead atoms. The van der Waals surface area contributed by atoms with Crippen LogP contribution >= 0.6 is 11.6 Å². The van der Waals surface area contributed by atoms with Gasteiger partial charge in [-0.1, -0.05) is 11.6 Å². The van der Waals surface area contributed by atoms with Crippen LogP contribution < -0.4 is 4.74 Å². The predicted octanol–water partition coefficient (Wildman–Crippen LogP) is 2.36. The van der Waals surface area contributed by atoms with Gasteiger partial charge in [-0.25, -0.2) is 0 Å². The van der Waals surface area contributed by atoms with Crippen molar-refractivity contribution in [2.24, 2.45) is 0 Å². The number of hydrogen-bond donors (Lipinski definition) is 0. The maximum atomic E-state index is 5.82. The maximum absolute atomic E-state index is 5.82. The van der Waals surface area contributed by atoms with Crippen LogP contribution in [0.1, 0.15) is 11.3 Å². The lowest BCUT2D eigenvalue weighted by Gasteiger charge is -2.07. The van der Waals surface area contributed by atoms with Gasteiger partial charge in [-0.2, -0.15) is 0 Å². The van der Waals surface area contributed by atoms with E-state index >= 15 is 0 Å². The minimum atomic E-state index is 0.646. The van der Waals surface area contributed by atoms with Crippen LogP contribution in [0.25, 0.3) is 0 Å². The van der Waals surface area contributed by atoms with Crippen LogP contribution in [0, 0.1) is 13.8 Å². The number of aromatic nitrogens is 1. The Morgan fingerprint density at radius 2 is 2.09 bits per heavy atom. The van der Waals surface area contributed by atoms with Gasteiger partial charge in [0.2, 0.25) is 0 Å². The molecule has 3 heteroatoms. The van der Waals surface area contributed by atoms with Crippen molar-refractivity contribution in [1.82, 2.24) is 4.98 Å². The molecule has 0 aliphatic heterocycles. The van der Waals surface area contributed by atoms with E-state index in [0.717, 1.165) is 17.0 Å². The van der Waals surface area contributed by atoms with Crippen LogP contribution in [-0.4, -0.2) is 12.1 Å². The van der Waals surface area contributed by atoms with Crippen LogP contribution in [0.3, 0.4) is 0 Å². The van der Waals surface area contributed by atoms with Gasteiger partial charge in [0, 0.05) is 11.8 Å². The van der Waals surface area contributed by atoms with E-state index in [-0.39, 0.29) is 0 Å². The van der Waals surface area contributed by atoms with Crippen molar-refractivity contribution < 1.29 is 4.74 Å². The number of pyridine rings is 1. The summed E-state index contributed by atoms with van der Waals surface area (Å²) in [5.41, 5.74) is 1.82. The average Bonchev–Trinajstić information content (AvgIpc) is 1.99. The smallest absolute Gasteiger partial charge is 0.144 e. The van der Waals surface area contributed by atoms with Gasteiger partial charge >= 0.3 is 0 Å². The van der Waals surface area contributed by atoms with Crippen molar-refractivity contribution in [1.29, 1.82) is 0 Å². The van der Waals surface area contributed by atoms with Crippen LogP contribution in [0.15, 0.2) is 6.20 Å². The number of ether oxygens (including phenoxy) is 1. The second kappa shape index (κ2) is 3.09. The molecular formula is C8H10ClNO. The molecule has 0 atom stereocenters. The first-order chi connectivity index (χ1) is 5.16. The lowest BCUT2D eigenvalue weighted by molar-refractivity contribution is 0.406. The molecule has 1 rings (SSSR count). The predicted molar refractivity (Wildman–Crippen MR) is 45.3 cm³/mol. The number of hydrogen-bond acceptors (Lipinski definition) is 2. The standard InChI is InChI=1S/C8H10ClNO/c1-5-7(9)4-10-6(2)8(5)11-3/h4H,1-3H3. The first-order valence-corrected chi connectivity index (χ1v) is 3.70. The number of nitrogens with zero attached hydrogens (tertiary/aromatic N) is 1. The second-order valence-electron chi connectivity index (χ2n) is 2.35. The Labute approximate surface area is 71.2 Å². The molecule has 0 unspecified atom stereocenters. The average molecular weight is 172 g/mol. The molecule has 11 heavy (non-hydrogen) atoms. The molecule has 0 aromatic carbocycles. The van der Waals surface area contributed by atoms with E-state index in [1.807, 2.05) is 13.8 Å². The summed E-state index contributed by atoms with van der Waals surface area (Å²) >= 11 is 5.82. The van der Waals surface area contributed by atoms with Crippen molar-refractivity contribution in [3.8, 4) is 5.75 Å². The molecule has 0 amide bonds. The molecule has 1 heterocycles. The Kier molecular flexibility index (Phi) is 2.35. The molecule has 0 saturated heterocycles. The van der Waals surface area contributed by atoms with Gasteiger partial charge < -0.3 is 4.74 Å². The van der Waals surface area contributed by atoms with E-state index in [9.17, 15) is 0 Å². The van der Waals surface area contributed by atoms with Crippen molar-refractivity contribution in [3.63, 3.8) is 0 Å². The SMILES string of the molecule is COc1c(C)ncc(Cl)c1C. The number of aryl methyl sites for hydroxylation is 1. The third kappa shape index (κ3) is 1.46. The normalized spacial score (nSPS) is 9.82. The highest BCUT2D eigenvalue weighted by Gasteiger charge is 2.06. The minimum Gasteiger partial charge on any atom is -0.495 e. The van der Waals surface area contributed by atoms with Crippen LogP contribution in [0.2, 0.25) is 5.02 Å². The van der Waals surface area contributed by atoms with Crippen molar-refractivity contribution in [2.75, 3.05) is 7.11 Å². The molecule has 0 saturated carbocycles. The maximum Gasteiger partial charge on any atom is 0.144 e. The van der Waals surface area contributed by atoms with E-state index in [1.165, 1.54) is 0 Å². The van der Waals surface area contributed by atoms with Crippen LogP contribution in [0.4, 0.5) is 0 Å². The fraction of sp³-hybridized carbons (Fsp3) is 0.375. The Morgan fingerprint density at radius 3 is 2.55 bits per heavy atom. The summed E-state index contributed by atoms with van der Waals surface area (Å²) in [4.78, 5) is 4.05. The summed E-state index contributed by atoms with van der Waals surface area (Å²) in [7, 11) is 1.62. The highest BCUT2D eigenvalue weighted by molar-refractivity contribution is 6.31. The van der Waals surface area contributed by atoms with Gasteiger partial charge in [-0.05, 0) is 13.8 Å². The van der Waals surface area contributed by atoms with Gasteiger partial charge in [-0.3, -0.25) is 4.98 Å². The monoisotopic (exact) mass is 171 g/mol. The first-order valence-electron chi connectivity index (χ1n) is 3.32. The lowest BCUT2D eigenvalue weighted by atomic mass is 10.2. The Balaban J connectivity index is 3.29. The number of halogens is 1. The van der Waals surface area contributed by atoms with Gasteiger partial charge in [0.25, 0.3) is 0 Å². The van der Waals surface area contributed by atoms with E-state index < -0.39 is 0 Å². The van der Waals surface area contributed by atoms with Gasteiger partial charge in [0.05, 0.1) is 17.8 Å². The molecule has 0 spiro atoms. The molecule has 1 aromatic heterocycles. The largest absolute Gasteiger partial charge is 0.495 e. The van der Waals surface area contributed by atoms with E-state index in [0.29, 0.717) is 5.02 Å². The highest BCUT2D eigenvalue weighted by atomic mass is 35.5. The molecule has 0 fully saturated rings. The molecule has 60 valence electrons. The minimum absolute atomic E-state index is 0.646. The lowest BCUT2D eigenvalue weighted by Crippen LogP contribution is -1.93. The van der Waals surface area contributed by atoms with Crippen molar-refractivity contribution >= 4 is 11.6 Å². The third-order valence-electron chi connectivity index (χ3n) is 1.60. The fourth-order valence-electron chi connectivity index (χ4n) is 0.990.